The van der Waals surface area contributed by atoms with Crippen molar-refractivity contribution in [3.63, 3.8) is 0 Å². The molecule has 0 bridgehead atoms. The average molecular weight is 346 g/mol. The van der Waals surface area contributed by atoms with Gasteiger partial charge >= 0.3 is 29.6 Å². The minimum atomic E-state index is -0.361. The third-order valence-corrected chi connectivity index (χ3v) is 4.25. The molecule has 24 heavy (non-hydrogen) atoms. The van der Waals surface area contributed by atoms with Gasteiger partial charge in [0.05, 0.1) is 16.8 Å². The van der Waals surface area contributed by atoms with Crippen LogP contribution in [0, 0.1) is 0 Å². The fourth-order valence-corrected chi connectivity index (χ4v) is 3.07. The van der Waals surface area contributed by atoms with Gasteiger partial charge in [0.1, 0.15) is 5.65 Å². The molecule has 2 amide bonds. The first kappa shape index (κ1) is 16.9. The Kier molecular flexibility index (Phi) is 4.86. The van der Waals surface area contributed by atoms with E-state index in [0.717, 1.165) is 34.2 Å². The second-order valence-electron chi connectivity index (χ2n) is 4.92. The third-order valence-electron chi connectivity index (χ3n) is 3.44. The standard InChI is InChI=1S/C16H10N4O2S.Na.H/c21-15-13(23-16(22)19-15)7-10-1-2-14-18-8-12(20(14)9-10)11-3-5-17-6-4-11;;/h1-9H,(H,19,21,22);;/q;+1;-1/b13-7-;;. The molecule has 0 atom stereocenters. The average Bonchev–Trinajstić information content (AvgIpc) is 3.11. The number of imide groups is 1. The molecule has 1 fully saturated rings. The van der Waals surface area contributed by atoms with Gasteiger partial charge in [-0.15, -0.1) is 0 Å². The second-order valence-corrected chi connectivity index (χ2v) is 5.94. The van der Waals surface area contributed by atoms with Crippen LogP contribution in [0.25, 0.3) is 23.0 Å². The molecule has 0 aromatic carbocycles. The van der Waals surface area contributed by atoms with E-state index in [0.29, 0.717) is 4.91 Å². The Morgan fingerprint density at radius 3 is 2.67 bits per heavy atom. The number of fused-ring (bicyclic) bond motifs is 1. The molecule has 3 aromatic rings. The Morgan fingerprint density at radius 1 is 1.17 bits per heavy atom. The van der Waals surface area contributed by atoms with Gasteiger partial charge in [0.2, 0.25) is 0 Å². The van der Waals surface area contributed by atoms with E-state index in [1.807, 2.05) is 34.9 Å². The first-order chi connectivity index (χ1) is 11.2. The molecule has 6 nitrogen and oxygen atoms in total. The van der Waals surface area contributed by atoms with Crippen molar-refractivity contribution >= 4 is 34.6 Å². The maximum Gasteiger partial charge on any atom is 1.00 e. The molecule has 0 unspecified atom stereocenters. The number of aromatic nitrogens is 3. The van der Waals surface area contributed by atoms with E-state index in [2.05, 4.69) is 15.3 Å². The number of nitrogens with zero attached hydrogens (tertiary/aromatic N) is 3. The topological polar surface area (TPSA) is 76.4 Å². The number of nitrogens with one attached hydrogen (secondary N) is 1. The molecule has 1 saturated heterocycles. The van der Waals surface area contributed by atoms with E-state index in [1.165, 1.54) is 0 Å². The molecular formula is C16H11N4NaO2S. The van der Waals surface area contributed by atoms with Gasteiger partial charge in [0, 0.05) is 24.2 Å². The zero-order valence-corrected chi connectivity index (χ0v) is 15.6. The number of thioether (sulfide) groups is 1. The number of rotatable bonds is 2. The Bertz CT molecular complexity index is 975. The van der Waals surface area contributed by atoms with E-state index in [4.69, 9.17) is 0 Å². The zero-order valence-electron chi connectivity index (χ0n) is 13.8. The number of hydrogen-bond donors (Lipinski definition) is 1. The Labute approximate surface area is 165 Å². The zero-order chi connectivity index (χ0) is 15.8. The SMILES string of the molecule is O=C1NC(=O)/C(=C/c2ccc3ncc(-c4ccncc4)n3c2)S1.[H-].[Na+]. The molecule has 0 radical (unpaired) electrons. The summed E-state index contributed by atoms with van der Waals surface area (Å²) in [6.07, 6.45) is 8.84. The van der Waals surface area contributed by atoms with Crippen LogP contribution >= 0.6 is 11.8 Å². The summed E-state index contributed by atoms with van der Waals surface area (Å²) in [5, 5.41) is 1.90. The van der Waals surface area contributed by atoms with Gasteiger partial charge in [-0.1, -0.05) is 0 Å². The molecule has 114 valence electrons. The summed E-state index contributed by atoms with van der Waals surface area (Å²) in [6.45, 7) is 0. The summed E-state index contributed by atoms with van der Waals surface area (Å²) >= 11 is 0.905. The number of carbonyl (C=O) groups is 2. The molecule has 1 N–H and O–H groups in total. The van der Waals surface area contributed by atoms with E-state index >= 15 is 0 Å². The summed E-state index contributed by atoms with van der Waals surface area (Å²) in [7, 11) is 0. The van der Waals surface area contributed by atoms with Crippen LogP contribution in [-0.2, 0) is 4.79 Å². The van der Waals surface area contributed by atoms with Gasteiger partial charge in [-0.25, -0.2) is 4.98 Å². The normalized spacial score (nSPS) is 15.6. The van der Waals surface area contributed by atoms with Crippen molar-refractivity contribution in [3.8, 4) is 11.3 Å². The van der Waals surface area contributed by atoms with Crippen LogP contribution < -0.4 is 34.9 Å². The van der Waals surface area contributed by atoms with Crippen molar-refractivity contribution in [2.75, 3.05) is 0 Å². The summed E-state index contributed by atoms with van der Waals surface area (Å²) in [5.74, 6) is -0.361. The van der Waals surface area contributed by atoms with Gasteiger partial charge in [-0.2, -0.15) is 0 Å². The van der Waals surface area contributed by atoms with E-state index in [9.17, 15) is 9.59 Å². The van der Waals surface area contributed by atoms with Crippen molar-refractivity contribution in [1.29, 1.82) is 0 Å². The molecule has 0 saturated carbocycles. The Morgan fingerprint density at radius 2 is 1.96 bits per heavy atom. The molecule has 0 aliphatic carbocycles. The van der Waals surface area contributed by atoms with Crippen molar-refractivity contribution in [2.24, 2.45) is 0 Å². The predicted molar refractivity (Wildman–Crippen MR) is 88.6 cm³/mol. The van der Waals surface area contributed by atoms with Gasteiger partial charge in [0.25, 0.3) is 11.1 Å². The van der Waals surface area contributed by atoms with Crippen molar-refractivity contribution in [3.05, 3.63) is 59.5 Å². The first-order valence-corrected chi connectivity index (χ1v) is 7.65. The molecule has 1 aliphatic heterocycles. The minimum absolute atomic E-state index is 0. The van der Waals surface area contributed by atoms with Crippen LogP contribution in [0.15, 0.2) is 54.0 Å². The Balaban J connectivity index is 0.00000113. The summed E-state index contributed by atoms with van der Waals surface area (Å²) in [6, 6.07) is 7.56. The number of amides is 2. The molecule has 4 rings (SSSR count). The van der Waals surface area contributed by atoms with Crippen LogP contribution in [0.1, 0.15) is 6.99 Å². The largest absolute Gasteiger partial charge is 1.00 e. The molecule has 4 heterocycles. The monoisotopic (exact) mass is 346 g/mol. The van der Waals surface area contributed by atoms with Crippen molar-refractivity contribution < 1.29 is 40.6 Å². The van der Waals surface area contributed by atoms with Gasteiger partial charge in [0.15, 0.2) is 0 Å². The quantitative estimate of drug-likeness (QED) is 0.515. The fraction of sp³-hybridized carbons (Fsp3) is 0. The third kappa shape index (κ3) is 3.16. The van der Waals surface area contributed by atoms with E-state index in [1.54, 1.807) is 24.7 Å². The maximum absolute atomic E-state index is 11.6. The van der Waals surface area contributed by atoms with Crippen LogP contribution in [0.2, 0.25) is 0 Å². The number of pyridine rings is 2. The Hall–Kier alpha value is -1.93. The van der Waals surface area contributed by atoms with Crippen LogP contribution in [-0.4, -0.2) is 25.5 Å². The van der Waals surface area contributed by atoms with Crippen molar-refractivity contribution in [2.45, 2.75) is 0 Å². The number of carbonyl (C=O) groups excluding carboxylic acids is 2. The maximum atomic E-state index is 11.6. The fourth-order valence-electron chi connectivity index (χ4n) is 2.39. The van der Waals surface area contributed by atoms with Crippen LogP contribution in [0.4, 0.5) is 4.79 Å². The second kappa shape index (κ2) is 6.90. The summed E-state index contributed by atoms with van der Waals surface area (Å²) in [4.78, 5) is 31.7. The van der Waals surface area contributed by atoms with Crippen LogP contribution in [0.3, 0.4) is 0 Å². The molecule has 3 aromatic heterocycles. The molecule has 1 aliphatic rings. The smallest absolute Gasteiger partial charge is 1.00 e. The molecular weight excluding hydrogens is 335 g/mol. The minimum Gasteiger partial charge on any atom is -1.00 e. The molecule has 8 heteroatoms. The predicted octanol–water partition coefficient (Wildman–Crippen LogP) is -0.163. The van der Waals surface area contributed by atoms with E-state index < -0.39 is 0 Å². The van der Waals surface area contributed by atoms with Gasteiger partial charge < -0.3 is 1.43 Å². The van der Waals surface area contributed by atoms with E-state index in [-0.39, 0.29) is 42.1 Å². The van der Waals surface area contributed by atoms with Crippen LogP contribution in [0.5, 0.6) is 0 Å². The molecule has 0 spiro atoms. The first-order valence-electron chi connectivity index (χ1n) is 6.83. The summed E-state index contributed by atoms with van der Waals surface area (Å²) < 4.78 is 1.95. The number of hydrogen-bond acceptors (Lipinski definition) is 5. The van der Waals surface area contributed by atoms with Gasteiger partial charge in [-0.3, -0.25) is 24.3 Å². The van der Waals surface area contributed by atoms with Gasteiger partial charge in [-0.05, 0) is 47.7 Å². The van der Waals surface area contributed by atoms with Crippen molar-refractivity contribution in [1.82, 2.24) is 19.7 Å². The number of imidazole rings is 1. The summed E-state index contributed by atoms with van der Waals surface area (Å²) in [5.41, 5.74) is 3.56.